The summed E-state index contributed by atoms with van der Waals surface area (Å²) in [5.41, 5.74) is 5.48. The third-order valence-electron chi connectivity index (χ3n) is 2.83. The summed E-state index contributed by atoms with van der Waals surface area (Å²) in [7, 11) is 0. The number of hydrogen-bond donors (Lipinski definition) is 1. The van der Waals surface area contributed by atoms with Gasteiger partial charge in [-0.05, 0) is 32.1 Å². The van der Waals surface area contributed by atoms with Gasteiger partial charge in [-0.25, -0.2) is 0 Å². The SMILES string of the molecule is CC1CC(C)CN(C(=O)CC(C)(C)N)C1. The number of nitrogens with zero attached hydrogens (tertiary/aromatic N) is 1. The molecule has 3 heteroatoms. The maximum absolute atomic E-state index is 12.0. The van der Waals surface area contributed by atoms with Crippen molar-refractivity contribution in [3.63, 3.8) is 0 Å². The highest BCUT2D eigenvalue weighted by atomic mass is 16.2. The van der Waals surface area contributed by atoms with Crippen molar-refractivity contribution in [1.29, 1.82) is 0 Å². The van der Waals surface area contributed by atoms with Gasteiger partial charge in [-0.15, -0.1) is 0 Å². The Balaban J connectivity index is 2.52. The largest absolute Gasteiger partial charge is 0.342 e. The van der Waals surface area contributed by atoms with Gasteiger partial charge in [0, 0.05) is 25.0 Å². The lowest BCUT2D eigenvalue weighted by Crippen LogP contribution is -2.46. The van der Waals surface area contributed by atoms with Crippen molar-refractivity contribution in [3.8, 4) is 0 Å². The van der Waals surface area contributed by atoms with Crippen LogP contribution in [-0.2, 0) is 4.79 Å². The van der Waals surface area contributed by atoms with E-state index in [0.29, 0.717) is 18.3 Å². The second-order valence-electron chi connectivity index (χ2n) is 5.91. The number of carbonyl (C=O) groups is 1. The van der Waals surface area contributed by atoms with Crippen molar-refractivity contribution in [2.75, 3.05) is 13.1 Å². The van der Waals surface area contributed by atoms with E-state index in [1.807, 2.05) is 18.7 Å². The number of hydrogen-bond acceptors (Lipinski definition) is 2. The number of likely N-dealkylation sites (tertiary alicyclic amines) is 1. The van der Waals surface area contributed by atoms with Crippen LogP contribution in [0.5, 0.6) is 0 Å². The van der Waals surface area contributed by atoms with Crippen LogP contribution in [-0.4, -0.2) is 29.4 Å². The lowest BCUT2D eigenvalue weighted by atomic mass is 9.91. The fourth-order valence-corrected chi connectivity index (χ4v) is 2.37. The van der Waals surface area contributed by atoms with Crippen LogP contribution in [0, 0.1) is 11.8 Å². The average Bonchev–Trinajstić information content (AvgIpc) is 1.98. The van der Waals surface area contributed by atoms with Gasteiger partial charge in [0.1, 0.15) is 0 Å². The molecule has 1 aliphatic rings. The van der Waals surface area contributed by atoms with Gasteiger partial charge in [0.2, 0.25) is 5.91 Å². The lowest BCUT2D eigenvalue weighted by Gasteiger charge is -2.36. The van der Waals surface area contributed by atoms with Crippen molar-refractivity contribution in [1.82, 2.24) is 4.90 Å². The van der Waals surface area contributed by atoms with Crippen LogP contribution < -0.4 is 5.73 Å². The van der Waals surface area contributed by atoms with Crippen molar-refractivity contribution >= 4 is 5.91 Å². The van der Waals surface area contributed by atoms with E-state index in [9.17, 15) is 4.79 Å². The van der Waals surface area contributed by atoms with E-state index in [2.05, 4.69) is 13.8 Å². The molecule has 0 aliphatic carbocycles. The second-order valence-corrected chi connectivity index (χ2v) is 5.91. The third kappa shape index (κ3) is 4.20. The zero-order valence-corrected chi connectivity index (χ0v) is 10.4. The highest BCUT2D eigenvalue weighted by molar-refractivity contribution is 5.77. The van der Waals surface area contributed by atoms with Crippen LogP contribution in [0.4, 0.5) is 0 Å². The summed E-state index contributed by atoms with van der Waals surface area (Å²) in [6.07, 6.45) is 1.68. The molecule has 0 radical (unpaired) electrons. The lowest BCUT2D eigenvalue weighted by molar-refractivity contribution is -0.134. The van der Waals surface area contributed by atoms with Crippen molar-refractivity contribution < 1.29 is 4.79 Å². The maximum atomic E-state index is 12.0. The van der Waals surface area contributed by atoms with Gasteiger partial charge in [0.05, 0.1) is 0 Å². The van der Waals surface area contributed by atoms with Gasteiger partial charge in [-0.2, -0.15) is 0 Å². The summed E-state index contributed by atoms with van der Waals surface area (Å²) in [5.74, 6) is 1.46. The van der Waals surface area contributed by atoms with E-state index in [1.54, 1.807) is 0 Å². The molecule has 2 N–H and O–H groups in total. The van der Waals surface area contributed by atoms with E-state index in [1.165, 1.54) is 6.42 Å². The normalized spacial score (nSPS) is 27.9. The topological polar surface area (TPSA) is 46.3 Å². The van der Waals surface area contributed by atoms with Crippen LogP contribution in [0.1, 0.15) is 40.5 Å². The minimum Gasteiger partial charge on any atom is -0.342 e. The van der Waals surface area contributed by atoms with Gasteiger partial charge in [-0.3, -0.25) is 4.79 Å². The van der Waals surface area contributed by atoms with Gasteiger partial charge in [0.15, 0.2) is 0 Å². The van der Waals surface area contributed by atoms with E-state index < -0.39 is 0 Å². The average molecular weight is 212 g/mol. The summed E-state index contributed by atoms with van der Waals surface area (Å²) in [5, 5.41) is 0. The Morgan fingerprint density at radius 3 is 2.20 bits per heavy atom. The molecule has 2 atom stereocenters. The van der Waals surface area contributed by atoms with Crippen LogP contribution in [0.3, 0.4) is 0 Å². The highest BCUT2D eigenvalue weighted by Crippen LogP contribution is 2.22. The number of carbonyl (C=O) groups excluding carboxylic acids is 1. The zero-order chi connectivity index (χ0) is 11.6. The standard InChI is InChI=1S/C12H24N2O/c1-9-5-10(2)8-14(7-9)11(15)6-12(3,4)13/h9-10H,5-8,13H2,1-4H3. The van der Waals surface area contributed by atoms with Gasteiger partial charge in [-0.1, -0.05) is 13.8 Å². The molecule has 2 unspecified atom stereocenters. The van der Waals surface area contributed by atoms with Crippen molar-refractivity contribution in [2.45, 2.75) is 46.1 Å². The van der Waals surface area contributed by atoms with Crippen LogP contribution in [0.25, 0.3) is 0 Å². The Morgan fingerprint density at radius 1 is 1.33 bits per heavy atom. The van der Waals surface area contributed by atoms with Crippen LogP contribution in [0.15, 0.2) is 0 Å². The molecule has 1 fully saturated rings. The molecule has 0 saturated carbocycles. The summed E-state index contributed by atoms with van der Waals surface area (Å²) in [6, 6.07) is 0. The first-order valence-electron chi connectivity index (χ1n) is 5.84. The summed E-state index contributed by atoms with van der Waals surface area (Å²) < 4.78 is 0. The smallest absolute Gasteiger partial charge is 0.224 e. The molecule has 15 heavy (non-hydrogen) atoms. The summed E-state index contributed by atoms with van der Waals surface area (Å²) in [4.78, 5) is 13.9. The molecule has 1 aliphatic heterocycles. The van der Waals surface area contributed by atoms with E-state index in [0.717, 1.165) is 13.1 Å². The molecular formula is C12H24N2O. The molecule has 1 heterocycles. The third-order valence-corrected chi connectivity index (χ3v) is 2.83. The van der Waals surface area contributed by atoms with E-state index >= 15 is 0 Å². The van der Waals surface area contributed by atoms with Gasteiger partial charge >= 0.3 is 0 Å². The van der Waals surface area contributed by atoms with Gasteiger partial charge < -0.3 is 10.6 Å². The molecule has 0 spiro atoms. The minimum atomic E-state index is -0.388. The Labute approximate surface area is 93.0 Å². The molecule has 88 valence electrons. The summed E-state index contributed by atoms with van der Waals surface area (Å²) in [6.45, 7) is 10.0. The summed E-state index contributed by atoms with van der Waals surface area (Å²) >= 11 is 0. The van der Waals surface area contributed by atoms with Crippen LogP contribution >= 0.6 is 0 Å². The molecule has 0 bridgehead atoms. The number of amides is 1. The number of piperidine rings is 1. The van der Waals surface area contributed by atoms with E-state index in [4.69, 9.17) is 5.73 Å². The van der Waals surface area contributed by atoms with Crippen LogP contribution in [0.2, 0.25) is 0 Å². The number of rotatable bonds is 2. The van der Waals surface area contributed by atoms with Crippen molar-refractivity contribution in [2.24, 2.45) is 17.6 Å². The van der Waals surface area contributed by atoms with Crippen molar-refractivity contribution in [3.05, 3.63) is 0 Å². The molecule has 1 saturated heterocycles. The molecule has 0 aromatic carbocycles. The maximum Gasteiger partial charge on any atom is 0.224 e. The first-order chi connectivity index (χ1) is 6.78. The first kappa shape index (κ1) is 12.5. The quantitative estimate of drug-likeness (QED) is 0.756. The fourth-order valence-electron chi connectivity index (χ4n) is 2.37. The highest BCUT2D eigenvalue weighted by Gasteiger charge is 2.27. The molecular weight excluding hydrogens is 188 g/mol. The Bertz CT molecular complexity index is 222. The Hall–Kier alpha value is -0.570. The first-order valence-corrected chi connectivity index (χ1v) is 5.84. The molecule has 1 rings (SSSR count). The number of nitrogens with two attached hydrogens (primary N) is 1. The molecule has 0 aromatic heterocycles. The molecule has 0 aromatic rings. The minimum absolute atomic E-state index is 0.209. The monoisotopic (exact) mass is 212 g/mol. The fraction of sp³-hybridized carbons (Fsp3) is 0.917. The predicted molar refractivity (Wildman–Crippen MR) is 62.4 cm³/mol. The Morgan fingerprint density at radius 2 is 1.80 bits per heavy atom. The van der Waals surface area contributed by atoms with Gasteiger partial charge in [0.25, 0.3) is 0 Å². The molecule has 3 nitrogen and oxygen atoms in total. The predicted octanol–water partition coefficient (Wildman–Crippen LogP) is 1.62. The molecule has 1 amide bonds. The zero-order valence-electron chi connectivity index (χ0n) is 10.4. The Kier molecular flexibility index (Phi) is 3.77. The second kappa shape index (κ2) is 4.52. The van der Waals surface area contributed by atoms with E-state index in [-0.39, 0.29) is 11.4 Å².